The molecule has 1 unspecified atom stereocenters. The molecule has 1 atom stereocenters. The van der Waals surface area contributed by atoms with E-state index in [0.29, 0.717) is 0 Å². The highest BCUT2D eigenvalue weighted by molar-refractivity contribution is 9.10. The fourth-order valence-corrected chi connectivity index (χ4v) is 3.28. The summed E-state index contributed by atoms with van der Waals surface area (Å²) in [5.41, 5.74) is 0.811. The number of ketones is 1. The van der Waals surface area contributed by atoms with Crippen molar-refractivity contribution in [2.24, 2.45) is 5.92 Å². The molecule has 1 heterocycles. The van der Waals surface area contributed by atoms with Crippen LogP contribution in [0.2, 0.25) is 0 Å². The van der Waals surface area contributed by atoms with E-state index < -0.39 is 0 Å². The Morgan fingerprint density at radius 2 is 1.81 bits per heavy atom. The summed E-state index contributed by atoms with van der Waals surface area (Å²) in [6, 6.07) is 7.67. The maximum absolute atomic E-state index is 12.6. The first-order chi connectivity index (χ1) is 10.1. The molecule has 114 valence electrons. The predicted octanol–water partition coefficient (Wildman–Crippen LogP) is 3.05. The summed E-state index contributed by atoms with van der Waals surface area (Å²) >= 11 is 3.41. The molecule has 0 bridgehead atoms. The third-order valence-corrected chi connectivity index (χ3v) is 5.20. The zero-order valence-electron chi connectivity index (χ0n) is 12.6. The molecule has 3 nitrogen and oxygen atoms in total. The second kappa shape index (κ2) is 6.59. The largest absolute Gasteiger partial charge is 0.301 e. The molecule has 1 aliphatic heterocycles. The second-order valence-electron chi connectivity index (χ2n) is 6.33. The van der Waals surface area contributed by atoms with E-state index in [2.05, 4.69) is 25.7 Å². The summed E-state index contributed by atoms with van der Waals surface area (Å²) < 4.78 is 1.01. The average Bonchev–Trinajstić information content (AvgIpc) is 3.31. The second-order valence-corrected chi connectivity index (χ2v) is 7.24. The van der Waals surface area contributed by atoms with Crippen molar-refractivity contribution in [3.05, 3.63) is 34.3 Å². The van der Waals surface area contributed by atoms with Crippen molar-refractivity contribution in [1.82, 2.24) is 9.80 Å². The van der Waals surface area contributed by atoms with Gasteiger partial charge >= 0.3 is 0 Å². The molecule has 21 heavy (non-hydrogen) atoms. The third kappa shape index (κ3) is 3.93. The number of hydrogen-bond acceptors (Lipinski definition) is 3. The van der Waals surface area contributed by atoms with Crippen molar-refractivity contribution in [3.8, 4) is 0 Å². The Hall–Kier alpha value is -0.710. The van der Waals surface area contributed by atoms with Crippen LogP contribution in [0.15, 0.2) is 28.7 Å². The first kappa shape index (κ1) is 15.2. The smallest absolute Gasteiger partial charge is 0.179 e. The van der Waals surface area contributed by atoms with Gasteiger partial charge in [0.2, 0.25) is 0 Å². The molecule has 0 aromatic heterocycles. The van der Waals surface area contributed by atoms with Crippen molar-refractivity contribution < 1.29 is 4.79 Å². The van der Waals surface area contributed by atoms with Gasteiger partial charge in [0, 0.05) is 42.8 Å². The van der Waals surface area contributed by atoms with Crippen LogP contribution in [0.1, 0.15) is 30.1 Å². The van der Waals surface area contributed by atoms with Gasteiger partial charge in [0.1, 0.15) is 0 Å². The summed E-state index contributed by atoms with van der Waals surface area (Å²) in [4.78, 5) is 17.4. The predicted molar refractivity (Wildman–Crippen MR) is 88.7 cm³/mol. The first-order valence-corrected chi connectivity index (χ1v) is 8.69. The van der Waals surface area contributed by atoms with Gasteiger partial charge in [0.15, 0.2) is 5.78 Å². The molecule has 1 aromatic rings. The lowest BCUT2D eigenvalue weighted by Crippen LogP contribution is -2.52. The van der Waals surface area contributed by atoms with E-state index in [1.807, 2.05) is 31.2 Å². The number of nitrogens with zero attached hydrogens (tertiary/aromatic N) is 2. The molecule has 0 radical (unpaired) electrons. The summed E-state index contributed by atoms with van der Waals surface area (Å²) in [6.07, 6.45) is 2.83. The van der Waals surface area contributed by atoms with Crippen molar-refractivity contribution in [2.75, 3.05) is 32.7 Å². The summed E-state index contributed by atoms with van der Waals surface area (Å²) in [7, 11) is 0. The van der Waals surface area contributed by atoms with Gasteiger partial charge in [0.05, 0.1) is 6.04 Å². The van der Waals surface area contributed by atoms with Crippen LogP contribution in [-0.2, 0) is 0 Å². The third-order valence-electron chi connectivity index (χ3n) is 4.68. The molecule has 1 aliphatic carbocycles. The molecule has 4 heteroatoms. The molecule has 2 aliphatic rings. The molecular formula is C17H23BrN2O. The molecular weight excluding hydrogens is 328 g/mol. The lowest BCUT2D eigenvalue weighted by Gasteiger charge is -2.37. The Labute approximate surface area is 135 Å². The van der Waals surface area contributed by atoms with Gasteiger partial charge in [0.25, 0.3) is 0 Å². The van der Waals surface area contributed by atoms with E-state index in [4.69, 9.17) is 0 Å². The maximum Gasteiger partial charge on any atom is 0.179 e. The maximum atomic E-state index is 12.6. The number of hydrogen-bond donors (Lipinski definition) is 0. The summed E-state index contributed by atoms with van der Waals surface area (Å²) in [6.45, 7) is 7.54. The number of carbonyl (C=O) groups is 1. The van der Waals surface area contributed by atoms with E-state index in [-0.39, 0.29) is 11.8 Å². The van der Waals surface area contributed by atoms with Crippen LogP contribution < -0.4 is 0 Å². The normalized spacial score (nSPS) is 22.2. The van der Waals surface area contributed by atoms with Gasteiger partial charge < -0.3 is 4.90 Å². The molecule has 1 saturated heterocycles. The van der Waals surface area contributed by atoms with Gasteiger partial charge in [-0.05, 0) is 37.8 Å². The van der Waals surface area contributed by atoms with Crippen LogP contribution >= 0.6 is 15.9 Å². The number of carbonyl (C=O) groups excluding carboxylic acids is 1. The molecule has 0 N–H and O–H groups in total. The minimum Gasteiger partial charge on any atom is -0.301 e. The van der Waals surface area contributed by atoms with Gasteiger partial charge in [-0.25, -0.2) is 0 Å². The van der Waals surface area contributed by atoms with E-state index >= 15 is 0 Å². The highest BCUT2D eigenvalue weighted by Crippen LogP contribution is 2.30. The number of benzene rings is 1. The summed E-state index contributed by atoms with van der Waals surface area (Å²) in [5.74, 6) is 1.19. The Morgan fingerprint density at radius 1 is 1.19 bits per heavy atom. The highest BCUT2D eigenvalue weighted by Gasteiger charge is 2.29. The molecule has 0 spiro atoms. The molecule has 1 saturated carbocycles. The minimum atomic E-state index is -0.0192. The lowest BCUT2D eigenvalue weighted by molar-refractivity contribution is 0.0692. The monoisotopic (exact) mass is 350 g/mol. The van der Waals surface area contributed by atoms with Gasteiger partial charge in [-0.1, -0.05) is 28.1 Å². The zero-order chi connectivity index (χ0) is 14.8. The van der Waals surface area contributed by atoms with Crippen LogP contribution in [-0.4, -0.2) is 54.3 Å². The quantitative estimate of drug-likeness (QED) is 0.762. The van der Waals surface area contributed by atoms with Crippen molar-refractivity contribution in [3.63, 3.8) is 0 Å². The van der Waals surface area contributed by atoms with Gasteiger partial charge in [-0.3, -0.25) is 9.69 Å². The van der Waals surface area contributed by atoms with Crippen LogP contribution in [0.5, 0.6) is 0 Å². The Morgan fingerprint density at radius 3 is 2.38 bits per heavy atom. The molecule has 0 amide bonds. The fourth-order valence-electron chi connectivity index (χ4n) is 3.02. The van der Waals surface area contributed by atoms with Crippen LogP contribution in [0, 0.1) is 5.92 Å². The van der Waals surface area contributed by atoms with Crippen molar-refractivity contribution in [2.45, 2.75) is 25.8 Å². The number of halogens is 1. The Bertz CT molecular complexity index is 490. The molecule has 2 fully saturated rings. The van der Waals surface area contributed by atoms with E-state index in [9.17, 15) is 4.79 Å². The van der Waals surface area contributed by atoms with Crippen molar-refractivity contribution in [1.29, 1.82) is 0 Å². The average molecular weight is 351 g/mol. The van der Waals surface area contributed by atoms with Gasteiger partial charge in [-0.2, -0.15) is 0 Å². The lowest BCUT2D eigenvalue weighted by atomic mass is 10.0. The van der Waals surface area contributed by atoms with Crippen LogP contribution in [0.4, 0.5) is 0 Å². The number of Topliss-reactive ketones (excluding diaryl/α,β-unsaturated/α-hetero) is 1. The standard InChI is InChI=1S/C17H23BrN2O/c1-13(17(21)15-4-6-16(18)7-5-15)20-10-8-19(9-11-20)12-14-2-3-14/h4-7,13-14H,2-3,8-12H2,1H3. The number of rotatable bonds is 5. The first-order valence-electron chi connectivity index (χ1n) is 7.89. The highest BCUT2D eigenvalue weighted by atomic mass is 79.9. The fraction of sp³-hybridized carbons (Fsp3) is 0.588. The Balaban J connectivity index is 1.54. The molecule has 3 rings (SSSR count). The SMILES string of the molecule is CC(C(=O)c1ccc(Br)cc1)N1CCN(CC2CC2)CC1. The number of piperazine rings is 1. The van der Waals surface area contributed by atoms with Crippen LogP contribution in [0.3, 0.4) is 0 Å². The Kier molecular flexibility index (Phi) is 4.77. The molecule has 1 aromatic carbocycles. The van der Waals surface area contributed by atoms with Gasteiger partial charge in [-0.15, -0.1) is 0 Å². The van der Waals surface area contributed by atoms with E-state index in [1.165, 1.54) is 19.4 Å². The minimum absolute atomic E-state index is 0.0192. The zero-order valence-corrected chi connectivity index (χ0v) is 14.2. The summed E-state index contributed by atoms with van der Waals surface area (Å²) in [5, 5.41) is 0. The van der Waals surface area contributed by atoms with E-state index in [0.717, 1.165) is 42.1 Å². The van der Waals surface area contributed by atoms with Crippen LogP contribution in [0.25, 0.3) is 0 Å². The van der Waals surface area contributed by atoms with Crippen molar-refractivity contribution >= 4 is 21.7 Å². The van der Waals surface area contributed by atoms with E-state index in [1.54, 1.807) is 0 Å². The topological polar surface area (TPSA) is 23.6 Å².